The number of carbonyl (C=O) groups is 1. The predicted octanol–water partition coefficient (Wildman–Crippen LogP) is 3.77. The van der Waals surface area contributed by atoms with Crippen molar-refractivity contribution in [3.05, 3.63) is 65.5 Å². The highest BCUT2D eigenvalue weighted by molar-refractivity contribution is 5.89. The molecule has 0 unspecified atom stereocenters. The largest absolute Gasteiger partial charge is 0.367 e. The smallest absolute Gasteiger partial charge is 0.228 e. The summed E-state index contributed by atoms with van der Waals surface area (Å²) in [6.45, 7) is 5.98. The van der Waals surface area contributed by atoms with Crippen LogP contribution >= 0.6 is 0 Å². The highest BCUT2D eigenvalue weighted by Gasteiger charge is 2.24. The number of allylic oxidation sites excluding steroid dienone is 1. The molecule has 1 saturated heterocycles. The Labute approximate surface area is 168 Å². The summed E-state index contributed by atoms with van der Waals surface area (Å²) in [7, 11) is 0. The molecule has 0 radical (unpaired) electrons. The van der Waals surface area contributed by atoms with Gasteiger partial charge in [-0.1, -0.05) is 18.7 Å². The maximum absolute atomic E-state index is 11.7. The number of hydrogen-bond acceptors (Lipinski definition) is 5. The van der Waals surface area contributed by atoms with Crippen LogP contribution in [0.25, 0.3) is 11.7 Å². The van der Waals surface area contributed by atoms with Crippen molar-refractivity contribution in [2.24, 2.45) is 0 Å². The average molecular weight is 386 g/mol. The van der Waals surface area contributed by atoms with E-state index in [0.29, 0.717) is 18.2 Å². The first-order valence-corrected chi connectivity index (χ1v) is 9.74. The zero-order chi connectivity index (χ0) is 20.0. The Kier molecular flexibility index (Phi) is 4.08. The zero-order valence-corrected chi connectivity index (χ0v) is 16.2. The van der Waals surface area contributed by atoms with Crippen LogP contribution in [0.1, 0.15) is 30.4 Å². The average Bonchev–Trinajstić information content (AvgIpc) is 3.31. The Hall–Kier alpha value is -3.61. The molecule has 29 heavy (non-hydrogen) atoms. The first-order chi connectivity index (χ1) is 14.0. The van der Waals surface area contributed by atoms with Crippen molar-refractivity contribution in [1.82, 2.24) is 19.9 Å². The molecule has 2 aromatic heterocycles. The van der Waals surface area contributed by atoms with Crippen LogP contribution in [0.3, 0.4) is 0 Å². The number of fused-ring (bicyclic) bond motifs is 1. The number of benzene rings is 1. The van der Waals surface area contributed by atoms with Crippen LogP contribution in [0, 0.1) is 6.92 Å². The molecule has 7 heteroatoms. The van der Waals surface area contributed by atoms with Gasteiger partial charge in [0.15, 0.2) is 5.65 Å². The van der Waals surface area contributed by atoms with Crippen molar-refractivity contribution >= 4 is 35.0 Å². The molecular weight excluding hydrogens is 364 g/mol. The third kappa shape index (κ3) is 3.59. The number of carbonyl (C=O) groups excluding carboxylic acids is 1. The number of aryl methyl sites for hydroxylation is 1. The minimum absolute atomic E-state index is 0.0384. The van der Waals surface area contributed by atoms with Gasteiger partial charge in [0.1, 0.15) is 11.6 Å². The molecule has 1 amide bonds. The van der Waals surface area contributed by atoms with Crippen LogP contribution in [-0.2, 0) is 4.79 Å². The first kappa shape index (κ1) is 17.5. The third-order valence-corrected chi connectivity index (χ3v) is 5.08. The molecule has 3 heterocycles. The normalized spacial score (nSPS) is 17.8. The van der Waals surface area contributed by atoms with Crippen LogP contribution in [0.2, 0.25) is 0 Å². The number of hydrogen-bond donors (Lipinski definition) is 3. The van der Waals surface area contributed by atoms with E-state index in [1.807, 2.05) is 28.8 Å². The summed E-state index contributed by atoms with van der Waals surface area (Å²) in [4.78, 5) is 16.5. The van der Waals surface area contributed by atoms with Gasteiger partial charge in [-0.15, -0.1) is 0 Å². The minimum atomic E-state index is -0.0384. The first-order valence-electron chi connectivity index (χ1n) is 9.74. The molecule has 3 N–H and O–H groups in total. The molecule has 3 aromatic rings. The second kappa shape index (κ2) is 6.77. The maximum atomic E-state index is 11.7. The van der Waals surface area contributed by atoms with Gasteiger partial charge in [-0.2, -0.15) is 9.61 Å². The molecule has 2 aliphatic rings. The Morgan fingerprint density at radius 2 is 2.17 bits per heavy atom. The van der Waals surface area contributed by atoms with Crippen molar-refractivity contribution in [3.63, 3.8) is 0 Å². The lowest BCUT2D eigenvalue weighted by Gasteiger charge is -2.12. The Bertz CT molecular complexity index is 1170. The Morgan fingerprint density at radius 1 is 1.31 bits per heavy atom. The molecular formula is C22H22N6O. The van der Waals surface area contributed by atoms with E-state index in [4.69, 9.17) is 4.98 Å². The topological polar surface area (TPSA) is 83.4 Å². The molecule has 5 rings (SSSR count). The molecule has 1 aliphatic carbocycles. The summed E-state index contributed by atoms with van der Waals surface area (Å²) in [5, 5.41) is 14.2. The van der Waals surface area contributed by atoms with E-state index in [1.54, 1.807) is 6.20 Å². The summed E-state index contributed by atoms with van der Waals surface area (Å²) >= 11 is 0. The summed E-state index contributed by atoms with van der Waals surface area (Å²) < 4.78 is 1.82. The van der Waals surface area contributed by atoms with E-state index in [9.17, 15) is 4.79 Å². The fraction of sp³-hybridized carbons (Fsp3) is 0.227. The lowest BCUT2D eigenvalue weighted by molar-refractivity contribution is -0.118. The van der Waals surface area contributed by atoms with Crippen molar-refractivity contribution < 1.29 is 4.79 Å². The van der Waals surface area contributed by atoms with E-state index in [-0.39, 0.29) is 5.91 Å². The van der Waals surface area contributed by atoms with Gasteiger partial charge < -0.3 is 16.0 Å². The molecule has 0 spiro atoms. The Morgan fingerprint density at radius 3 is 2.90 bits per heavy atom. The number of nitrogens with one attached hydrogen (secondary N) is 3. The maximum Gasteiger partial charge on any atom is 0.228 e. The molecule has 0 atom stereocenters. The van der Waals surface area contributed by atoms with Crippen LogP contribution in [0.5, 0.6) is 0 Å². The van der Waals surface area contributed by atoms with Crippen molar-refractivity contribution in [2.45, 2.75) is 32.2 Å². The lowest BCUT2D eigenvalue weighted by atomic mass is 10.1. The number of aromatic nitrogens is 3. The SMILES string of the molecule is C=C1NC(=O)C/C1=C\c1cnn2c(NC3CC3)cc(Nc3cccc(C)c3)nc12. The monoisotopic (exact) mass is 386 g/mol. The summed E-state index contributed by atoms with van der Waals surface area (Å²) in [6.07, 6.45) is 6.36. The third-order valence-electron chi connectivity index (χ3n) is 5.08. The Balaban J connectivity index is 1.57. The van der Waals surface area contributed by atoms with Crippen LogP contribution in [0.15, 0.2) is 54.4 Å². The molecule has 0 bridgehead atoms. The highest BCUT2D eigenvalue weighted by atomic mass is 16.1. The van der Waals surface area contributed by atoms with E-state index in [0.717, 1.165) is 46.9 Å². The highest BCUT2D eigenvalue weighted by Crippen LogP contribution is 2.29. The van der Waals surface area contributed by atoms with Crippen molar-refractivity contribution in [3.8, 4) is 0 Å². The van der Waals surface area contributed by atoms with Crippen molar-refractivity contribution in [1.29, 1.82) is 0 Å². The fourth-order valence-corrected chi connectivity index (χ4v) is 3.45. The van der Waals surface area contributed by atoms with Gasteiger partial charge in [-0.25, -0.2) is 4.98 Å². The lowest BCUT2D eigenvalue weighted by Crippen LogP contribution is -2.10. The van der Waals surface area contributed by atoms with Gasteiger partial charge in [0.25, 0.3) is 0 Å². The van der Waals surface area contributed by atoms with E-state index in [2.05, 4.69) is 46.7 Å². The van der Waals surface area contributed by atoms with Gasteiger partial charge >= 0.3 is 0 Å². The minimum Gasteiger partial charge on any atom is -0.367 e. The van der Waals surface area contributed by atoms with E-state index < -0.39 is 0 Å². The zero-order valence-electron chi connectivity index (χ0n) is 16.2. The number of anilines is 3. The fourth-order valence-electron chi connectivity index (χ4n) is 3.45. The molecule has 2 fully saturated rings. The summed E-state index contributed by atoms with van der Waals surface area (Å²) in [5.41, 5.74) is 5.24. The predicted molar refractivity (Wildman–Crippen MR) is 114 cm³/mol. The molecule has 7 nitrogen and oxygen atoms in total. The molecule has 1 aromatic carbocycles. The van der Waals surface area contributed by atoms with Gasteiger partial charge in [-0.3, -0.25) is 4.79 Å². The van der Waals surface area contributed by atoms with Gasteiger partial charge in [0, 0.05) is 29.1 Å². The summed E-state index contributed by atoms with van der Waals surface area (Å²) in [5.74, 6) is 1.60. The number of nitrogens with zero attached hydrogens (tertiary/aromatic N) is 3. The number of rotatable bonds is 5. The van der Waals surface area contributed by atoms with Crippen LogP contribution in [-0.4, -0.2) is 26.5 Å². The van der Waals surface area contributed by atoms with E-state index in [1.165, 1.54) is 5.56 Å². The quantitative estimate of drug-likeness (QED) is 0.622. The molecule has 1 saturated carbocycles. The van der Waals surface area contributed by atoms with E-state index >= 15 is 0 Å². The van der Waals surface area contributed by atoms with Crippen LogP contribution < -0.4 is 16.0 Å². The standard InChI is InChI=1S/C22H22N6O/c1-13-4-3-5-18(8-13)25-19-11-20(26-17-6-7-17)28-22(27-19)16(12-23-28)9-15-10-21(29)24-14(15)2/h3-5,8-9,11-12,17,26H,2,6-7,10H2,1H3,(H,24,29)(H,25,27)/b15-9+. The van der Waals surface area contributed by atoms with Crippen LogP contribution in [0.4, 0.5) is 17.3 Å². The second-order valence-corrected chi connectivity index (χ2v) is 7.65. The number of amides is 1. The molecule has 1 aliphatic heterocycles. The summed E-state index contributed by atoms with van der Waals surface area (Å²) in [6, 6.07) is 10.6. The molecule has 146 valence electrons. The van der Waals surface area contributed by atoms with Gasteiger partial charge in [0.05, 0.1) is 12.6 Å². The second-order valence-electron chi connectivity index (χ2n) is 7.65. The van der Waals surface area contributed by atoms with Gasteiger partial charge in [0.2, 0.25) is 5.91 Å². The van der Waals surface area contributed by atoms with Crippen molar-refractivity contribution in [2.75, 3.05) is 10.6 Å². The van der Waals surface area contributed by atoms with Gasteiger partial charge in [-0.05, 0) is 49.1 Å².